The second-order valence-electron chi connectivity index (χ2n) is 6.59. The van der Waals surface area contributed by atoms with Crippen molar-refractivity contribution in [2.75, 3.05) is 0 Å². The smallest absolute Gasteiger partial charge is 0.274 e. The summed E-state index contributed by atoms with van der Waals surface area (Å²) in [5, 5.41) is 11.0. The van der Waals surface area contributed by atoms with E-state index in [9.17, 15) is 9.18 Å². The predicted octanol–water partition coefficient (Wildman–Crippen LogP) is 2.93. The van der Waals surface area contributed by atoms with Crippen LogP contribution in [0.2, 0.25) is 0 Å². The minimum atomic E-state index is -0.288. The topological polar surface area (TPSA) is 69.0 Å². The number of nitrogens with one attached hydrogen (secondary N) is 1. The van der Waals surface area contributed by atoms with Crippen LogP contribution in [0.4, 0.5) is 4.39 Å². The number of benzene rings is 2. The lowest BCUT2D eigenvalue weighted by Gasteiger charge is -2.24. The van der Waals surface area contributed by atoms with Gasteiger partial charge in [-0.05, 0) is 30.2 Å². The maximum absolute atomic E-state index is 13.1. The highest BCUT2D eigenvalue weighted by Gasteiger charge is 2.27. The maximum Gasteiger partial charge on any atom is 0.274 e. The molecule has 7 heteroatoms. The number of fused-ring (bicyclic) bond motifs is 1. The van der Waals surface area contributed by atoms with Crippen LogP contribution < -0.4 is 5.32 Å². The van der Waals surface area contributed by atoms with Gasteiger partial charge in [0, 0.05) is 6.54 Å². The Bertz CT molecular complexity index is 951. The highest BCUT2D eigenvalue weighted by molar-refractivity contribution is 5.93. The van der Waals surface area contributed by atoms with Crippen molar-refractivity contribution in [1.29, 1.82) is 0 Å². The van der Waals surface area contributed by atoms with Gasteiger partial charge in [0.1, 0.15) is 11.9 Å². The molecule has 0 saturated carbocycles. The molecule has 1 atom stereocenters. The van der Waals surface area contributed by atoms with Gasteiger partial charge in [0.2, 0.25) is 0 Å². The zero-order chi connectivity index (χ0) is 18.8. The van der Waals surface area contributed by atoms with Crippen LogP contribution in [0.3, 0.4) is 0 Å². The van der Waals surface area contributed by atoms with Crippen LogP contribution >= 0.6 is 0 Å². The lowest BCUT2D eigenvalue weighted by molar-refractivity contribution is -0.00180. The summed E-state index contributed by atoms with van der Waals surface area (Å²) >= 11 is 0. The first kappa shape index (κ1) is 17.4. The van der Waals surface area contributed by atoms with Crippen LogP contribution in [-0.4, -0.2) is 20.9 Å². The SMILES string of the molecule is Cc1ccc(CNC(=O)c2nnn3c2COC(c2ccc(F)cc2)C3)cc1. The maximum atomic E-state index is 13.1. The van der Waals surface area contributed by atoms with Crippen LogP contribution in [0.1, 0.15) is 39.0 Å². The van der Waals surface area contributed by atoms with Crippen molar-refractivity contribution in [1.82, 2.24) is 20.3 Å². The third kappa shape index (κ3) is 3.73. The minimum Gasteiger partial charge on any atom is -0.365 e. The Labute approximate surface area is 156 Å². The molecule has 3 aromatic rings. The van der Waals surface area contributed by atoms with Gasteiger partial charge in [-0.1, -0.05) is 47.2 Å². The summed E-state index contributed by atoms with van der Waals surface area (Å²) < 4.78 is 20.6. The van der Waals surface area contributed by atoms with E-state index >= 15 is 0 Å². The number of amides is 1. The van der Waals surface area contributed by atoms with Crippen LogP contribution in [0.25, 0.3) is 0 Å². The fourth-order valence-electron chi connectivity index (χ4n) is 3.04. The number of hydrogen-bond donors (Lipinski definition) is 1. The van der Waals surface area contributed by atoms with Crippen LogP contribution in [0.15, 0.2) is 48.5 Å². The number of rotatable bonds is 4. The molecule has 0 aliphatic carbocycles. The normalized spacial score (nSPS) is 16.0. The quantitative estimate of drug-likeness (QED) is 0.771. The monoisotopic (exact) mass is 366 g/mol. The first-order valence-electron chi connectivity index (χ1n) is 8.73. The van der Waals surface area contributed by atoms with Gasteiger partial charge in [-0.15, -0.1) is 5.10 Å². The van der Waals surface area contributed by atoms with Crippen molar-refractivity contribution < 1.29 is 13.9 Å². The third-order valence-corrected chi connectivity index (χ3v) is 4.63. The van der Waals surface area contributed by atoms with E-state index < -0.39 is 0 Å². The van der Waals surface area contributed by atoms with E-state index in [4.69, 9.17) is 4.74 Å². The third-order valence-electron chi connectivity index (χ3n) is 4.63. The molecule has 0 radical (unpaired) electrons. The van der Waals surface area contributed by atoms with E-state index in [0.29, 0.717) is 18.8 Å². The number of nitrogens with zero attached hydrogens (tertiary/aromatic N) is 3. The van der Waals surface area contributed by atoms with Gasteiger partial charge < -0.3 is 10.1 Å². The number of aryl methyl sites for hydroxylation is 1. The summed E-state index contributed by atoms with van der Waals surface area (Å²) in [6.07, 6.45) is -0.247. The van der Waals surface area contributed by atoms with Crippen LogP contribution in [0.5, 0.6) is 0 Å². The van der Waals surface area contributed by atoms with E-state index in [1.165, 1.54) is 17.7 Å². The van der Waals surface area contributed by atoms with Gasteiger partial charge >= 0.3 is 0 Å². The van der Waals surface area contributed by atoms with Gasteiger partial charge in [0.05, 0.1) is 18.8 Å². The van der Waals surface area contributed by atoms with E-state index in [1.54, 1.807) is 16.8 Å². The Morgan fingerprint density at radius 3 is 2.70 bits per heavy atom. The first-order valence-corrected chi connectivity index (χ1v) is 8.73. The van der Waals surface area contributed by atoms with Crippen LogP contribution in [-0.2, 0) is 24.4 Å². The highest BCUT2D eigenvalue weighted by Crippen LogP contribution is 2.27. The van der Waals surface area contributed by atoms with Crippen LogP contribution in [0, 0.1) is 12.7 Å². The van der Waals surface area contributed by atoms with Gasteiger partial charge in [-0.3, -0.25) is 4.79 Å². The molecule has 138 valence electrons. The van der Waals surface area contributed by atoms with Crippen molar-refractivity contribution in [3.8, 4) is 0 Å². The number of carbonyl (C=O) groups is 1. The number of halogens is 1. The summed E-state index contributed by atoms with van der Waals surface area (Å²) in [6.45, 7) is 3.09. The molecule has 0 fully saturated rings. The molecular formula is C20H19FN4O2. The summed E-state index contributed by atoms with van der Waals surface area (Å²) in [5.74, 6) is -0.566. The number of hydrogen-bond acceptors (Lipinski definition) is 4. The van der Waals surface area contributed by atoms with Crippen molar-refractivity contribution in [2.45, 2.75) is 32.7 Å². The van der Waals surface area contributed by atoms with Gasteiger partial charge in [0.25, 0.3) is 5.91 Å². The lowest BCUT2D eigenvalue weighted by Crippen LogP contribution is -2.27. The van der Waals surface area contributed by atoms with Crippen molar-refractivity contribution in [3.63, 3.8) is 0 Å². The van der Waals surface area contributed by atoms with E-state index in [0.717, 1.165) is 11.1 Å². The van der Waals surface area contributed by atoms with E-state index in [2.05, 4.69) is 15.6 Å². The molecule has 0 bridgehead atoms. The van der Waals surface area contributed by atoms with E-state index in [-0.39, 0.29) is 30.1 Å². The highest BCUT2D eigenvalue weighted by atomic mass is 19.1. The molecule has 6 nitrogen and oxygen atoms in total. The molecular weight excluding hydrogens is 347 g/mol. The average Bonchev–Trinajstić information content (AvgIpc) is 3.11. The fraction of sp³-hybridized carbons (Fsp3) is 0.250. The molecule has 1 amide bonds. The molecule has 0 saturated heterocycles. The Morgan fingerprint density at radius 2 is 1.96 bits per heavy atom. The summed E-state index contributed by atoms with van der Waals surface area (Å²) in [6, 6.07) is 14.2. The van der Waals surface area contributed by atoms with Crippen molar-refractivity contribution in [3.05, 3.63) is 82.4 Å². The molecule has 1 unspecified atom stereocenters. The van der Waals surface area contributed by atoms with Crippen molar-refractivity contribution >= 4 is 5.91 Å². The first-order chi connectivity index (χ1) is 13.1. The molecule has 27 heavy (non-hydrogen) atoms. The van der Waals surface area contributed by atoms with E-state index in [1.807, 2.05) is 31.2 Å². The molecule has 0 spiro atoms. The zero-order valence-corrected chi connectivity index (χ0v) is 14.9. The Kier molecular flexibility index (Phi) is 4.68. The fourth-order valence-corrected chi connectivity index (χ4v) is 3.04. The summed E-state index contributed by atoms with van der Waals surface area (Å²) in [7, 11) is 0. The molecule has 1 aliphatic heterocycles. The standard InChI is InChI=1S/C20H19FN4O2/c1-13-2-4-14(5-3-13)10-22-20(26)19-17-12-27-18(11-25(17)24-23-19)15-6-8-16(21)9-7-15/h2-9,18H,10-12H2,1H3,(H,22,26). The summed E-state index contributed by atoms with van der Waals surface area (Å²) in [5.41, 5.74) is 3.98. The lowest BCUT2D eigenvalue weighted by atomic mass is 10.1. The second-order valence-corrected chi connectivity index (χ2v) is 6.59. The number of aromatic nitrogens is 3. The Balaban J connectivity index is 1.43. The molecule has 2 heterocycles. The second kappa shape index (κ2) is 7.28. The molecule has 1 aromatic heterocycles. The number of ether oxygens (including phenoxy) is 1. The van der Waals surface area contributed by atoms with Crippen molar-refractivity contribution in [2.24, 2.45) is 0 Å². The number of carbonyl (C=O) groups excluding carboxylic acids is 1. The van der Waals surface area contributed by atoms with Gasteiger partial charge in [0.15, 0.2) is 5.69 Å². The predicted molar refractivity (Wildman–Crippen MR) is 96.3 cm³/mol. The Morgan fingerprint density at radius 1 is 1.22 bits per heavy atom. The zero-order valence-electron chi connectivity index (χ0n) is 14.9. The average molecular weight is 366 g/mol. The van der Waals surface area contributed by atoms with Gasteiger partial charge in [-0.25, -0.2) is 9.07 Å². The Hall–Kier alpha value is -3.06. The minimum absolute atomic E-state index is 0.225. The molecule has 1 N–H and O–H groups in total. The summed E-state index contributed by atoms with van der Waals surface area (Å²) in [4.78, 5) is 12.5. The largest absolute Gasteiger partial charge is 0.365 e. The molecule has 2 aromatic carbocycles. The molecule has 4 rings (SSSR count). The molecule has 1 aliphatic rings. The van der Waals surface area contributed by atoms with Gasteiger partial charge in [-0.2, -0.15) is 0 Å².